The molecule has 130 valence electrons. The average Bonchev–Trinajstić information content (AvgIpc) is 2.65. The topological polar surface area (TPSA) is 29.5 Å². The van der Waals surface area contributed by atoms with Crippen molar-refractivity contribution in [2.24, 2.45) is 5.92 Å². The predicted octanol–water partition coefficient (Wildman–Crippen LogP) is 5.54. The van der Waals surface area contributed by atoms with Crippen molar-refractivity contribution in [3.8, 4) is 5.75 Å². The minimum atomic E-state index is 0.0977. The van der Waals surface area contributed by atoms with E-state index in [9.17, 15) is 5.11 Å². The van der Waals surface area contributed by atoms with Gasteiger partial charge in [0.1, 0.15) is 5.75 Å². The van der Waals surface area contributed by atoms with E-state index in [-0.39, 0.29) is 6.61 Å². The monoisotopic (exact) mass is 326 g/mol. The van der Waals surface area contributed by atoms with Crippen LogP contribution in [0.25, 0.3) is 0 Å². The molecule has 0 aliphatic heterocycles. The first-order chi connectivity index (χ1) is 11.7. The SMILES string of the molecule is CCCCC(CC)C(c1ccc(CO)cc1)c1ccc(OC)cc1. The van der Waals surface area contributed by atoms with Crippen LogP contribution >= 0.6 is 0 Å². The summed E-state index contributed by atoms with van der Waals surface area (Å²) in [5.74, 6) is 1.91. The predicted molar refractivity (Wildman–Crippen MR) is 101 cm³/mol. The highest BCUT2D eigenvalue weighted by Crippen LogP contribution is 2.37. The van der Waals surface area contributed by atoms with E-state index in [1.807, 2.05) is 12.1 Å². The Morgan fingerprint density at radius 2 is 1.50 bits per heavy atom. The number of aliphatic hydroxyl groups excluding tert-OH is 1. The van der Waals surface area contributed by atoms with E-state index in [1.54, 1.807) is 7.11 Å². The molecule has 0 heterocycles. The second-order valence-corrected chi connectivity index (χ2v) is 6.46. The van der Waals surface area contributed by atoms with E-state index < -0.39 is 0 Å². The normalized spacial score (nSPS) is 13.5. The molecule has 0 aliphatic rings. The second-order valence-electron chi connectivity index (χ2n) is 6.46. The molecular weight excluding hydrogens is 296 g/mol. The van der Waals surface area contributed by atoms with E-state index in [4.69, 9.17) is 4.74 Å². The molecule has 0 radical (unpaired) electrons. The van der Waals surface area contributed by atoms with Gasteiger partial charge in [0.15, 0.2) is 0 Å². The molecule has 2 rings (SSSR count). The number of hydrogen-bond acceptors (Lipinski definition) is 2. The van der Waals surface area contributed by atoms with Gasteiger partial charge in [0, 0.05) is 5.92 Å². The van der Waals surface area contributed by atoms with Crippen LogP contribution in [0, 0.1) is 5.92 Å². The van der Waals surface area contributed by atoms with Crippen LogP contribution in [0.2, 0.25) is 0 Å². The maximum atomic E-state index is 9.30. The zero-order valence-electron chi connectivity index (χ0n) is 15.2. The Hall–Kier alpha value is -1.80. The Balaban J connectivity index is 2.37. The Morgan fingerprint density at radius 1 is 0.917 bits per heavy atom. The zero-order valence-corrected chi connectivity index (χ0v) is 15.2. The fourth-order valence-electron chi connectivity index (χ4n) is 3.45. The van der Waals surface area contributed by atoms with Gasteiger partial charge in [0.2, 0.25) is 0 Å². The van der Waals surface area contributed by atoms with Crippen molar-refractivity contribution in [3.63, 3.8) is 0 Å². The number of hydrogen-bond donors (Lipinski definition) is 1. The van der Waals surface area contributed by atoms with Crippen molar-refractivity contribution in [2.75, 3.05) is 7.11 Å². The average molecular weight is 326 g/mol. The van der Waals surface area contributed by atoms with Gasteiger partial charge in [-0.05, 0) is 41.2 Å². The standard InChI is InChI=1S/C22H30O2/c1-4-6-7-18(5-2)22(19-10-8-17(16-23)9-11-19)20-12-14-21(24-3)15-13-20/h8-15,18,22-23H,4-7,16H2,1-3H3. The first-order valence-corrected chi connectivity index (χ1v) is 9.07. The fraction of sp³-hybridized carbons (Fsp3) is 0.455. The summed E-state index contributed by atoms with van der Waals surface area (Å²) >= 11 is 0. The first kappa shape index (κ1) is 18.5. The summed E-state index contributed by atoms with van der Waals surface area (Å²) in [5.41, 5.74) is 3.64. The molecule has 24 heavy (non-hydrogen) atoms. The molecule has 2 nitrogen and oxygen atoms in total. The molecule has 0 fully saturated rings. The lowest BCUT2D eigenvalue weighted by molar-refractivity contribution is 0.282. The highest BCUT2D eigenvalue weighted by Gasteiger charge is 2.23. The van der Waals surface area contributed by atoms with Crippen molar-refractivity contribution in [2.45, 2.75) is 52.1 Å². The van der Waals surface area contributed by atoms with Gasteiger partial charge in [-0.15, -0.1) is 0 Å². The van der Waals surface area contributed by atoms with Crippen LogP contribution in [0.15, 0.2) is 48.5 Å². The highest BCUT2D eigenvalue weighted by atomic mass is 16.5. The van der Waals surface area contributed by atoms with Crippen molar-refractivity contribution in [1.29, 1.82) is 0 Å². The summed E-state index contributed by atoms with van der Waals surface area (Å²) < 4.78 is 5.31. The summed E-state index contributed by atoms with van der Waals surface area (Å²) in [6, 6.07) is 16.9. The Bertz CT molecular complexity index is 539. The van der Waals surface area contributed by atoms with E-state index in [0.29, 0.717) is 11.8 Å². The molecule has 0 amide bonds. The van der Waals surface area contributed by atoms with Crippen LogP contribution < -0.4 is 4.74 Å². The van der Waals surface area contributed by atoms with Gasteiger partial charge in [-0.2, -0.15) is 0 Å². The fourth-order valence-corrected chi connectivity index (χ4v) is 3.45. The van der Waals surface area contributed by atoms with E-state index in [2.05, 4.69) is 50.2 Å². The molecule has 2 atom stereocenters. The first-order valence-electron chi connectivity index (χ1n) is 9.07. The smallest absolute Gasteiger partial charge is 0.118 e. The lowest BCUT2D eigenvalue weighted by atomic mass is 9.77. The number of aliphatic hydroxyl groups is 1. The van der Waals surface area contributed by atoms with Gasteiger partial charge >= 0.3 is 0 Å². The van der Waals surface area contributed by atoms with Crippen LogP contribution in [-0.2, 0) is 6.61 Å². The number of rotatable bonds is 9. The van der Waals surface area contributed by atoms with E-state index in [0.717, 1.165) is 11.3 Å². The minimum Gasteiger partial charge on any atom is -0.497 e. The second kappa shape index (κ2) is 9.48. The molecule has 0 aromatic heterocycles. The third kappa shape index (κ3) is 4.61. The summed E-state index contributed by atoms with van der Waals surface area (Å²) in [5, 5.41) is 9.30. The van der Waals surface area contributed by atoms with Crippen LogP contribution in [-0.4, -0.2) is 12.2 Å². The number of benzene rings is 2. The maximum Gasteiger partial charge on any atom is 0.118 e. The van der Waals surface area contributed by atoms with E-state index in [1.165, 1.54) is 36.8 Å². The number of unbranched alkanes of at least 4 members (excludes halogenated alkanes) is 1. The van der Waals surface area contributed by atoms with Gasteiger partial charge < -0.3 is 9.84 Å². The maximum absolute atomic E-state index is 9.30. The Kier molecular flexibility index (Phi) is 7.33. The van der Waals surface area contributed by atoms with E-state index >= 15 is 0 Å². The lowest BCUT2D eigenvalue weighted by Gasteiger charge is -2.28. The molecule has 0 spiro atoms. The third-order valence-electron chi connectivity index (χ3n) is 4.92. The molecule has 0 aliphatic carbocycles. The third-order valence-corrected chi connectivity index (χ3v) is 4.92. The number of ether oxygens (including phenoxy) is 1. The van der Waals surface area contributed by atoms with Crippen LogP contribution in [0.3, 0.4) is 0 Å². The van der Waals surface area contributed by atoms with Gasteiger partial charge in [0.05, 0.1) is 13.7 Å². The van der Waals surface area contributed by atoms with Crippen molar-refractivity contribution in [3.05, 3.63) is 65.2 Å². The number of methoxy groups -OCH3 is 1. The van der Waals surface area contributed by atoms with Crippen molar-refractivity contribution >= 4 is 0 Å². The Morgan fingerprint density at radius 3 is 1.96 bits per heavy atom. The molecule has 2 unspecified atom stereocenters. The zero-order chi connectivity index (χ0) is 17.4. The summed E-state index contributed by atoms with van der Waals surface area (Å²) in [6.07, 6.45) is 4.90. The molecule has 2 heteroatoms. The molecule has 2 aromatic carbocycles. The van der Waals surface area contributed by atoms with Gasteiger partial charge in [-0.3, -0.25) is 0 Å². The molecule has 0 saturated heterocycles. The molecule has 1 N–H and O–H groups in total. The quantitative estimate of drug-likeness (QED) is 0.656. The van der Waals surface area contributed by atoms with Gasteiger partial charge in [0.25, 0.3) is 0 Å². The van der Waals surface area contributed by atoms with Gasteiger partial charge in [-0.25, -0.2) is 0 Å². The van der Waals surface area contributed by atoms with Crippen LogP contribution in [0.5, 0.6) is 5.75 Å². The van der Waals surface area contributed by atoms with Crippen molar-refractivity contribution in [1.82, 2.24) is 0 Å². The molecule has 0 bridgehead atoms. The summed E-state index contributed by atoms with van der Waals surface area (Å²) in [6.45, 7) is 4.64. The highest BCUT2D eigenvalue weighted by molar-refractivity contribution is 5.37. The molecule has 2 aromatic rings. The lowest BCUT2D eigenvalue weighted by Crippen LogP contribution is -2.14. The van der Waals surface area contributed by atoms with Crippen LogP contribution in [0.4, 0.5) is 0 Å². The molecule has 0 saturated carbocycles. The summed E-state index contributed by atoms with van der Waals surface area (Å²) in [7, 11) is 1.70. The largest absolute Gasteiger partial charge is 0.497 e. The van der Waals surface area contributed by atoms with Gasteiger partial charge in [-0.1, -0.05) is 69.5 Å². The van der Waals surface area contributed by atoms with Crippen molar-refractivity contribution < 1.29 is 9.84 Å². The van der Waals surface area contributed by atoms with Crippen LogP contribution in [0.1, 0.15) is 62.1 Å². The summed E-state index contributed by atoms with van der Waals surface area (Å²) in [4.78, 5) is 0. The minimum absolute atomic E-state index is 0.0977. The Labute approximate surface area is 146 Å². The molecular formula is C22H30O2.